The predicted molar refractivity (Wildman–Crippen MR) is 73.8 cm³/mol. The van der Waals surface area contributed by atoms with Gasteiger partial charge < -0.3 is 10.0 Å². The Morgan fingerprint density at radius 2 is 2.00 bits per heavy atom. The lowest BCUT2D eigenvalue weighted by molar-refractivity contribution is -0.137. The minimum atomic E-state index is -4.36. The molecule has 0 amide bonds. The van der Waals surface area contributed by atoms with E-state index in [2.05, 4.69) is 4.90 Å². The first-order valence-electron chi connectivity index (χ1n) is 7.53. The van der Waals surface area contributed by atoms with Gasteiger partial charge in [-0.1, -0.05) is 18.6 Å². The molecule has 21 heavy (non-hydrogen) atoms. The van der Waals surface area contributed by atoms with Gasteiger partial charge in [0, 0.05) is 12.6 Å². The van der Waals surface area contributed by atoms with Crippen LogP contribution in [0.25, 0.3) is 0 Å². The molecule has 0 bridgehead atoms. The van der Waals surface area contributed by atoms with Crippen LogP contribution >= 0.6 is 0 Å². The summed E-state index contributed by atoms with van der Waals surface area (Å²) >= 11 is 0. The Morgan fingerprint density at radius 3 is 2.76 bits per heavy atom. The molecule has 0 aromatic heterocycles. The molecular weight excluding hydrogens is 279 g/mol. The summed E-state index contributed by atoms with van der Waals surface area (Å²) in [5, 5.41) is 10.9. The zero-order valence-electron chi connectivity index (χ0n) is 11.9. The third-order valence-electron chi connectivity index (χ3n) is 4.86. The van der Waals surface area contributed by atoms with Gasteiger partial charge in [0.1, 0.15) is 0 Å². The number of piperidine rings is 2. The largest absolute Gasteiger partial charge is 0.416 e. The molecular formula is C16H20F3NO. The minimum absolute atomic E-state index is 0.298. The predicted octanol–water partition coefficient (Wildman–Crippen LogP) is 3.54. The molecule has 0 aliphatic carbocycles. The number of fused-ring (bicyclic) bond motifs is 1. The summed E-state index contributed by atoms with van der Waals surface area (Å²) in [5.74, 6) is 0. The van der Waals surface area contributed by atoms with Gasteiger partial charge in [-0.15, -0.1) is 0 Å². The third kappa shape index (κ3) is 2.94. The van der Waals surface area contributed by atoms with Crippen molar-refractivity contribution in [1.82, 2.24) is 4.90 Å². The van der Waals surface area contributed by atoms with E-state index >= 15 is 0 Å². The van der Waals surface area contributed by atoms with Gasteiger partial charge in [-0.25, -0.2) is 0 Å². The Hall–Kier alpha value is -1.07. The Labute approximate surface area is 122 Å². The van der Waals surface area contributed by atoms with Crippen LogP contribution in [-0.4, -0.2) is 29.1 Å². The Bertz CT molecular complexity index is 516. The van der Waals surface area contributed by atoms with Crippen molar-refractivity contribution in [3.05, 3.63) is 35.4 Å². The standard InChI is InChI=1S/C16H20F3NO/c17-16(18,19)13-5-3-4-12(10-13)15(21)7-9-20-8-2-1-6-14(20)11-15/h3-5,10,14,21H,1-2,6-9,11H2/t14-,15-/m1/s1. The van der Waals surface area contributed by atoms with Crippen LogP contribution in [0.1, 0.15) is 43.2 Å². The number of nitrogens with zero attached hydrogens (tertiary/aromatic N) is 1. The van der Waals surface area contributed by atoms with E-state index in [4.69, 9.17) is 0 Å². The van der Waals surface area contributed by atoms with Gasteiger partial charge in [0.15, 0.2) is 0 Å². The fraction of sp³-hybridized carbons (Fsp3) is 0.625. The topological polar surface area (TPSA) is 23.5 Å². The van der Waals surface area contributed by atoms with Gasteiger partial charge in [0.25, 0.3) is 0 Å². The molecule has 2 nitrogen and oxygen atoms in total. The second kappa shape index (κ2) is 5.29. The molecule has 0 radical (unpaired) electrons. The number of hydrogen-bond acceptors (Lipinski definition) is 2. The van der Waals surface area contributed by atoms with Gasteiger partial charge in [-0.05, 0) is 49.9 Å². The smallest absolute Gasteiger partial charge is 0.385 e. The number of alkyl halides is 3. The summed E-state index contributed by atoms with van der Waals surface area (Å²) in [6.45, 7) is 1.81. The van der Waals surface area contributed by atoms with Crippen molar-refractivity contribution < 1.29 is 18.3 Å². The van der Waals surface area contributed by atoms with Gasteiger partial charge in [-0.3, -0.25) is 0 Å². The van der Waals surface area contributed by atoms with Crippen molar-refractivity contribution in [2.75, 3.05) is 13.1 Å². The Kier molecular flexibility index (Phi) is 3.74. The zero-order valence-corrected chi connectivity index (χ0v) is 11.9. The minimum Gasteiger partial charge on any atom is -0.385 e. The molecule has 3 rings (SSSR count). The SMILES string of the molecule is O[C@]1(c2cccc(C(F)(F)F)c2)CCN2CCCC[C@@H]2C1. The molecule has 0 saturated carbocycles. The second-order valence-electron chi connectivity index (χ2n) is 6.25. The molecule has 2 aliphatic heterocycles. The normalized spacial score (nSPS) is 31.0. The van der Waals surface area contributed by atoms with Gasteiger partial charge in [-0.2, -0.15) is 13.2 Å². The quantitative estimate of drug-likeness (QED) is 0.857. The fourth-order valence-electron chi connectivity index (χ4n) is 3.65. The summed E-state index contributed by atoms with van der Waals surface area (Å²) in [6, 6.07) is 5.48. The lowest BCUT2D eigenvalue weighted by atomic mass is 9.78. The Balaban J connectivity index is 1.85. The van der Waals surface area contributed by atoms with E-state index in [9.17, 15) is 18.3 Å². The van der Waals surface area contributed by atoms with Crippen LogP contribution in [0.3, 0.4) is 0 Å². The third-order valence-corrected chi connectivity index (χ3v) is 4.86. The zero-order chi connectivity index (χ0) is 15.1. The van der Waals surface area contributed by atoms with Crippen LogP contribution in [-0.2, 0) is 11.8 Å². The van der Waals surface area contributed by atoms with Gasteiger partial charge in [0.2, 0.25) is 0 Å². The van der Waals surface area contributed by atoms with E-state index < -0.39 is 17.3 Å². The first-order valence-corrected chi connectivity index (χ1v) is 7.53. The number of halogens is 3. The number of aliphatic hydroxyl groups is 1. The summed E-state index contributed by atoms with van der Waals surface area (Å²) in [5.41, 5.74) is -1.40. The molecule has 2 heterocycles. The number of benzene rings is 1. The molecule has 1 aromatic rings. The van der Waals surface area contributed by atoms with Crippen LogP contribution in [0.15, 0.2) is 24.3 Å². The highest BCUT2D eigenvalue weighted by Crippen LogP contribution is 2.40. The maximum atomic E-state index is 12.8. The molecule has 1 N–H and O–H groups in total. The molecule has 2 atom stereocenters. The highest BCUT2D eigenvalue weighted by Gasteiger charge is 2.41. The monoisotopic (exact) mass is 299 g/mol. The molecule has 0 unspecified atom stereocenters. The summed E-state index contributed by atoms with van der Waals surface area (Å²) < 4.78 is 38.5. The van der Waals surface area contributed by atoms with E-state index in [0.717, 1.165) is 38.1 Å². The van der Waals surface area contributed by atoms with E-state index in [1.165, 1.54) is 12.5 Å². The van der Waals surface area contributed by atoms with Crippen LogP contribution in [0, 0.1) is 0 Å². The molecule has 116 valence electrons. The van der Waals surface area contributed by atoms with Gasteiger partial charge in [0.05, 0.1) is 11.2 Å². The summed E-state index contributed by atoms with van der Waals surface area (Å²) in [4.78, 5) is 2.37. The average Bonchev–Trinajstić information content (AvgIpc) is 2.46. The van der Waals surface area contributed by atoms with E-state index in [1.54, 1.807) is 6.07 Å². The first-order chi connectivity index (χ1) is 9.88. The maximum Gasteiger partial charge on any atom is 0.416 e. The van der Waals surface area contributed by atoms with E-state index in [1.807, 2.05) is 0 Å². The van der Waals surface area contributed by atoms with Crippen LogP contribution < -0.4 is 0 Å². The lowest BCUT2D eigenvalue weighted by Gasteiger charge is -2.46. The highest BCUT2D eigenvalue weighted by molar-refractivity contribution is 5.30. The number of hydrogen-bond donors (Lipinski definition) is 1. The molecule has 2 saturated heterocycles. The summed E-state index contributed by atoms with van der Waals surface area (Å²) in [6.07, 6.45) is 0.0244. The van der Waals surface area contributed by atoms with Gasteiger partial charge >= 0.3 is 6.18 Å². The highest BCUT2D eigenvalue weighted by atomic mass is 19.4. The van der Waals surface area contributed by atoms with Crippen molar-refractivity contribution in [1.29, 1.82) is 0 Å². The van der Waals surface area contributed by atoms with Crippen LogP contribution in [0.4, 0.5) is 13.2 Å². The maximum absolute atomic E-state index is 12.8. The van der Waals surface area contributed by atoms with Crippen molar-refractivity contribution in [3.8, 4) is 0 Å². The molecule has 2 fully saturated rings. The Morgan fingerprint density at radius 1 is 1.19 bits per heavy atom. The van der Waals surface area contributed by atoms with Crippen molar-refractivity contribution in [2.24, 2.45) is 0 Å². The van der Waals surface area contributed by atoms with Crippen molar-refractivity contribution >= 4 is 0 Å². The van der Waals surface area contributed by atoms with E-state index in [0.29, 0.717) is 24.4 Å². The van der Waals surface area contributed by atoms with Crippen molar-refractivity contribution in [2.45, 2.75) is 49.9 Å². The lowest BCUT2D eigenvalue weighted by Crippen LogP contribution is -2.51. The summed E-state index contributed by atoms with van der Waals surface area (Å²) in [7, 11) is 0. The average molecular weight is 299 g/mol. The van der Waals surface area contributed by atoms with E-state index in [-0.39, 0.29) is 0 Å². The number of rotatable bonds is 1. The molecule has 1 aromatic carbocycles. The van der Waals surface area contributed by atoms with Crippen LogP contribution in [0.2, 0.25) is 0 Å². The second-order valence-corrected chi connectivity index (χ2v) is 6.25. The molecule has 2 aliphatic rings. The fourth-order valence-corrected chi connectivity index (χ4v) is 3.65. The molecule has 5 heteroatoms. The van der Waals surface area contributed by atoms with Crippen LogP contribution in [0.5, 0.6) is 0 Å². The first kappa shape index (κ1) is 14.9. The van der Waals surface area contributed by atoms with Crippen molar-refractivity contribution in [3.63, 3.8) is 0 Å². The molecule has 0 spiro atoms.